The van der Waals surface area contributed by atoms with Gasteiger partial charge in [0.2, 0.25) is 0 Å². The van der Waals surface area contributed by atoms with Crippen LogP contribution in [0.5, 0.6) is 5.75 Å². The van der Waals surface area contributed by atoms with Gasteiger partial charge in [-0.05, 0) is 40.8 Å². The quantitative estimate of drug-likeness (QED) is 0.424. The van der Waals surface area contributed by atoms with Crippen LogP contribution >= 0.6 is 0 Å². The van der Waals surface area contributed by atoms with E-state index in [1.165, 1.54) is 12.1 Å². The highest BCUT2D eigenvalue weighted by Crippen LogP contribution is 2.45. The maximum absolute atomic E-state index is 14.2. The molecule has 0 unspecified atom stereocenters. The van der Waals surface area contributed by atoms with Gasteiger partial charge in [-0.3, -0.25) is 4.79 Å². The second-order valence-electron chi connectivity index (χ2n) is 7.26. The smallest absolute Gasteiger partial charge is 0.420 e. The molecular formula is C25H23F3O3. The zero-order valence-electron chi connectivity index (χ0n) is 17.0. The minimum atomic E-state index is -4.77. The Balaban J connectivity index is 2.19. The lowest BCUT2D eigenvalue weighted by Crippen LogP contribution is -2.19. The number of ether oxygens (including phenoxy) is 1. The van der Waals surface area contributed by atoms with Gasteiger partial charge in [0.1, 0.15) is 17.9 Å². The summed E-state index contributed by atoms with van der Waals surface area (Å²) in [6.07, 6.45) is -4.24. The number of halogens is 3. The van der Waals surface area contributed by atoms with Crippen molar-refractivity contribution in [3.63, 3.8) is 0 Å². The molecule has 31 heavy (non-hydrogen) atoms. The lowest BCUT2D eigenvalue weighted by Gasteiger charge is -2.23. The van der Waals surface area contributed by atoms with Gasteiger partial charge in [0.25, 0.3) is 0 Å². The summed E-state index contributed by atoms with van der Waals surface area (Å²) >= 11 is 0. The summed E-state index contributed by atoms with van der Waals surface area (Å²) in [6, 6.07) is 20.4. The molecule has 3 rings (SSSR count). The van der Waals surface area contributed by atoms with Crippen LogP contribution in [-0.4, -0.2) is 11.1 Å². The molecule has 162 valence electrons. The van der Waals surface area contributed by atoms with E-state index in [4.69, 9.17) is 4.74 Å². The van der Waals surface area contributed by atoms with E-state index in [0.29, 0.717) is 23.1 Å². The van der Waals surface area contributed by atoms with Gasteiger partial charge in [-0.15, -0.1) is 0 Å². The highest BCUT2D eigenvalue weighted by Gasteiger charge is 2.40. The van der Waals surface area contributed by atoms with E-state index >= 15 is 0 Å². The second-order valence-corrected chi connectivity index (χ2v) is 7.26. The molecule has 0 radical (unpaired) electrons. The Morgan fingerprint density at radius 2 is 1.58 bits per heavy atom. The van der Waals surface area contributed by atoms with Gasteiger partial charge in [0.15, 0.2) is 0 Å². The summed E-state index contributed by atoms with van der Waals surface area (Å²) in [7, 11) is 0. The number of hydrogen-bond donors (Lipinski definition) is 1. The SMILES string of the molecule is CCC[C@@H](C(=O)O)c1cc(-c2ccccc2)cc(OCc2ccccc2)c1C(F)(F)F. The Labute approximate surface area is 179 Å². The summed E-state index contributed by atoms with van der Waals surface area (Å²) in [4.78, 5) is 11.9. The third-order valence-electron chi connectivity index (χ3n) is 5.01. The van der Waals surface area contributed by atoms with E-state index < -0.39 is 23.6 Å². The molecule has 0 heterocycles. The largest absolute Gasteiger partial charge is 0.488 e. The van der Waals surface area contributed by atoms with Gasteiger partial charge in [0.05, 0.1) is 5.92 Å². The fraction of sp³-hybridized carbons (Fsp3) is 0.240. The number of carboxylic acids is 1. The van der Waals surface area contributed by atoms with Crippen LogP contribution in [0, 0.1) is 0 Å². The Morgan fingerprint density at radius 3 is 2.13 bits per heavy atom. The van der Waals surface area contributed by atoms with Gasteiger partial charge >= 0.3 is 12.1 Å². The first-order valence-corrected chi connectivity index (χ1v) is 10.0. The minimum Gasteiger partial charge on any atom is -0.488 e. The van der Waals surface area contributed by atoms with Crippen LogP contribution in [0.2, 0.25) is 0 Å². The molecule has 3 aromatic carbocycles. The van der Waals surface area contributed by atoms with Crippen LogP contribution in [0.4, 0.5) is 13.2 Å². The van der Waals surface area contributed by atoms with E-state index in [9.17, 15) is 23.1 Å². The number of carbonyl (C=O) groups is 1. The molecule has 0 aliphatic carbocycles. The number of benzene rings is 3. The van der Waals surface area contributed by atoms with Crippen molar-refractivity contribution in [2.45, 2.75) is 38.5 Å². The number of carboxylic acid groups (broad SMARTS) is 1. The molecule has 6 heteroatoms. The molecule has 0 amide bonds. The first-order valence-electron chi connectivity index (χ1n) is 10.0. The van der Waals surface area contributed by atoms with Crippen molar-refractivity contribution < 1.29 is 27.8 Å². The van der Waals surface area contributed by atoms with Crippen molar-refractivity contribution >= 4 is 5.97 Å². The highest BCUT2D eigenvalue weighted by molar-refractivity contribution is 5.79. The van der Waals surface area contributed by atoms with Crippen LogP contribution < -0.4 is 4.74 Å². The van der Waals surface area contributed by atoms with E-state index in [1.54, 1.807) is 67.6 Å². The molecule has 0 bridgehead atoms. The predicted molar refractivity (Wildman–Crippen MR) is 113 cm³/mol. The van der Waals surface area contributed by atoms with Gasteiger partial charge in [-0.2, -0.15) is 13.2 Å². The van der Waals surface area contributed by atoms with Crippen molar-refractivity contribution in [3.8, 4) is 16.9 Å². The number of hydrogen-bond acceptors (Lipinski definition) is 2. The summed E-state index contributed by atoms with van der Waals surface area (Å²) in [6.45, 7) is 1.68. The summed E-state index contributed by atoms with van der Waals surface area (Å²) in [5, 5.41) is 9.70. The Kier molecular flexibility index (Phi) is 7.00. The van der Waals surface area contributed by atoms with Crippen LogP contribution in [0.1, 0.15) is 42.4 Å². The molecule has 0 saturated carbocycles. The monoisotopic (exact) mass is 428 g/mol. The molecule has 1 atom stereocenters. The van der Waals surface area contributed by atoms with Crippen molar-refractivity contribution in [1.82, 2.24) is 0 Å². The maximum Gasteiger partial charge on any atom is 0.420 e. The van der Waals surface area contributed by atoms with E-state index in [2.05, 4.69) is 0 Å². The summed E-state index contributed by atoms with van der Waals surface area (Å²) in [5.74, 6) is -2.94. The molecule has 0 saturated heterocycles. The molecule has 1 N–H and O–H groups in total. The van der Waals surface area contributed by atoms with E-state index in [-0.39, 0.29) is 24.3 Å². The second kappa shape index (κ2) is 9.69. The van der Waals surface area contributed by atoms with Crippen LogP contribution in [-0.2, 0) is 17.6 Å². The fourth-order valence-electron chi connectivity index (χ4n) is 3.56. The van der Waals surface area contributed by atoms with Crippen molar-refractivity contribution in [1.29, 1.82) is 0 Å². The Morgan fingerprint density at radius 1 is 0.968 bits per heavy atom. The zero-order valence-corrected chi connectivity index (χ0v) is 17.0. The number of rotatable bonds is 8. The predicted octanol–water partition coefficient (Wildman–Crippen LogP) is 6.92. The lowest BCUT2D eigenvalue weighted by atomic mass is 9.87. The van der Waals surface area contributed by atoms with Crippen LogP contribution in [0.15, 0.2) is 72.8 Å². The molecule has 0 aromatic heterocycles. The molecular weight excluding hydrogens is 405 g/mol. The zero-order chi connectivity index (χ0) is 22.4. The topological polar surface area (TPSA) is 46.5 Å². The van der Waals surface area contributed by atoms with Crippen LogP contribution in [0.3, 0.4) is 0 Å². The first kappa shape index (κ1) is 22.4. The lowest BCUT2D eigenvalue weighted by molar-refractivity contribution is -0.142. The molecule has 0 aliphatic rings. The van der Waals surface area contributed by atoms with Crippen molar-refractivity contribution in [2.24, 2.45) is 0 Å². The molecule has 0 fully saturated rings. The molecule has 3 aromatic rings. The third-order valence-corrected chi connectivity index (χ3v) is 5.01. The average Bonchev–Trinajstić information content (AvgIpc) is 2.75. The Bertz CT molecular complexity index is 1020. The molecule has 0 spiro atoms. The van der Waals surface area contributed by atoms with Gasteiger partial charge in [0, 0.05) is 0 Å². The van der Waals surface area contributed by atoms with Gasteiger partial charge in [-0.25, -0.2) is 0 Å². The molecule has 0 aliphatic heterocycles. The minimum absolute atomic E-state index is 0.0624. The van der Waals surface area contributed by atoms with Crippen molar-refractivity contribution in [3.05, 3.63) is 89.5 Å². The molecule has 3 nitrogen and oxygen atoms in total. The number of alkyl halides is 3. The van der Waals surface area contributed by atoms with Gasteiger partial charge in [-0.1, -0.05) is 74.0 Å². The summed E-state index contributed by atoms with van der Waals surface area (Å²) < 4.78 is 48.1. The standard InChI is InChI=1S/C25H23F3O3/c1-2-9-20(24(29)30)21-14-19(18-12-7-4-8-13-18)15-22(23(21)25(26,27)28)31-16-17-10-5-3-6-11-17/h3-8,10-15,20H,2,9,16H2,1H3,(H,29,30)/t20-/m1/s1. The summed E-state index contributed by atoms with van der Waals surface area (Å²) in [5.41, 5.74) is 0.581. The van der Waals surface area contributed by atoms with E-state index in [0.717, 1.165) is 0 Å². The maximum atomic E-state index is 14.2. The third kappa shape index (κ3) is 5.45. The normalized spacial score (nSPS) is 12.4. The van der Waals surface area contributed by atoms with E-state index in [1.807, 2.05) is 0 Å². The first-order chi connectivity index (χ1) is 14.8. The van der Waals surface area contributed by atoms with Gasteiger partial charge < -0.3 is 9.84 Å². The van der Waals surface area contributed by atoms with Crippen LogP contribution in [0.25, 0.3) is 11.1 Å². The fourth-order valence-corrected chi connectivity index (χ4v) is 3.56. The average molecular weight is 428 g/mol. The van der Waals surface area contributed by atoms with Crippen molar-refractivity contribution in [2.75, 3.05) is 0 Å². The Hall–Kier alpha value is -3.28. The number of aliphatic carboxylic acids is 1. The highest BCUT2D eigenvalue weighted by atomic mass is 19.4.